The zero-order chi connectivity index (χ0) is 15.8. The fraction of sp³-hybridized carbons (Fsp3) is 0.0769. The van der Waals surface area contributed by atoms with Crippen molar-refractivity contribution in [1.82, 2.24) is 0 Å². The Balaban J connectivity index is 2.37. The van der Waals surface area contributed by atoms with Crippen LogP contribution in [-0.4, -0.2) is 0 Å². The van der Waals surface area contributed by atoms with Gasteiger partial charge in [-0.2, -0.15) is 13.2 Å². The van der Waals surface area contributed by atoms with Crippen molar-refractivity contribution in [2.75, 3.05) is 11.1 Å². The molecule has 0 saturated carbocycles. The van der Waals surface area contributed by atoms with E-state index in [1.54, 1.807) is 0 Å². The third-order valence-corrected chi connectivity index (χ3v) is 3.18. The highest BCUT2D eigenvalue weighted by molar-refractivity contribution is 6.35. The van der Waals surface area contributed by atoms with E-state index in [9.17, 15) is 17.6 Å². The second kappa shape index (κ2) is 5.61. The zero-order valence-corrected chi connectivity index (χ0v) is 11.7. The second-order valence-corrected chi connectivity index (χ2v) is 4.99. The molecule has 0 aromatic heterocycles. The molecule has 112 valence electrons. The van der Waals surface area contributed by atoms with Gasteiger partial charge in [0.1, 0.15) is 0 Å². The number of benzene rings is 2. The summed E-state index contributed by atoms with van der Waals surface area (Å²) in [6.45, 7) is 0. The lowest BCUT2D eigenvalue weighted by atomic mass is 10.1. The van der Waals surface area contributed by atoms with Crippen LogP contribution in [-0.2, 0) is 6.18 Å². The summed E-state index contributed by atoms with van der Waals surface area (Å²) in [6, 6.07) is 5.76. The van der Waals surface area contributed by atoms with Crippen molar-refractivity contribution < 1.29 is 17.6 Å². The maximum absolute atomic E-state index is 13.3. The SMILES string of the molecule is Nc1ccc(Nc2cc(Cl)c(F)c(Cl)c2)cc1C(F)(F)F. The molecule has 21 heavy (non-hydrogen) atoms. The first kappa shape index (κ1) is 15.7. The summed E-state index contributed by atoms with van der Waals surface area (Å²) >= 11 is 11.2. The molecule has 0 atom stereocenters. The number of halogens is 6. The van der Waals surface area contributed by atoms with Crippen LogP contribution in [0.25, 0.3) is 0 Å². The smallest absolute Gasteiger partial charge is 0.398 e. The van der Waals surface area contributed by atoms with Gasteiger partial charge in [-0.1, -0.05) is 23.2 Å². The normalized spacial score (nSPS) is 11.5. The van der Waals surface area contributed by atoms with Crippen LogP contribution in [0.15, 0.2) is 30.3 Å². The van der Waals surface area contributed by atoms with Crippen LogP contribution in [0.4, 0.5) is 34.6 Å². The predicted molar refractivity (Wildman–Crippen MR) is 75.6 cm³/mol. The molecule has 0 heterocycles. The number of hydrogen-bond acceptors (Lipinski definition) is 2. The standard InChI is InChI=1S/C13H8Cl2F4N2/c14-9-4-7(5-10(15)12(9)16)21-6-1-2-11(20)8(3-6)13(17,18)19/h1-5,21H,20H2. The highest BCUT2D eigenvalue weighted by Crippen LogP contribution is 2.36. The number of nitrogens with two attached hydrogens (primary N) is 1. The molecule has 0 unspecified atom stereocenters. The number of nitrogens with one attached hydrogen (secondary N) is 1. The highest BCUT2D eigenvalue weighted by atomic mass is 35.5. The Morgan fingerprint density at radius 1 is 0.952 bits per heavy atom. The van der Waals surface area contributed by atoms with Crippen LogP contribution in [0.2, 0.25) is 10.0 Å². The molecule has 0 radical (unpaired) electrons. The lowest BCUT2D eigenvalue weighted by Crippen LogP contribution is -2.09. The van der Waals surface area contributed by atoms with Crippen molar-refractivity contribution in [3.8, 4) is 0 Å². The Kier molecular flexibility index (Phi) is 4.20. The van der Waals surface area contributed by atoms with Gasteiger partial charge in [0.05, 0.1) is 15.6 Å². The summed E-state index contributed by atoms with van der Waals surface area (Å²) in [7, 11) is 0. The van der Waals surface area contributed by atoms with E-state index in [0.717, 1.165) is 12.1 Å². The van der Waals surface area contributed by atoms with Crippen molar-refractivity contribution in [3.05, 3.63) is 51.8 Å². The first-order valence-electron chi connectivity index (χ1n) is 5.57. The number of rotatable bonds is 2. The van der Waals surface area contributed by atoms with Crippen LogP contribution in [0.3, 0.4) is 0 Å². The monoisotopic (exact) mass is 338 g/mol. The quantitative estimate of drug-likeness (QED) is 0.432. The highest BCUT2D eigenvalue weighted by Gasteiger charge is 2.33. The van der Waals surface area contributed by atoms with Crippen molar-refractivity contribution in [3.63, 3.8) is 0 Å². The summed E-state index contributed by atoms with van der Waals surface area (Å²) in [5.41, 5.74) is 4.32. The number of hydrogen-bond donors (Lipinski definition) is 2. The molecule has 8 heteroatoms. The van der Waals surface area contributed by atoms with Crippen molar-refractivity contribution >= 4 is 40.3 Å². The fourth-order valence-electron chi connectivity index (χ4n) is 1.67. The molecule has 0 aliphatic rings. The minimum absolute atomic E-state index is 0.121. The molecular weight excluding hydrogens is 331 g/mol. The summed E-state index contributed by atoms with van der Waals surface area (Å²) < 4.78 is 51.5. The van der Waals surface area contributed by atoms with E-state index in [1.165, 1.54) is 18.2 Å². The largest absolute Gasteiger partial charge is 0.418 e. The first-order valence-corrected chi connectivity index (χ1v) is 6.32. The Morgan fingerprint density at radius 2 is 1.52 bits per heavy atom. The van der Waals surface area contributed by atoms with E-state index >= 15 is 0 Å². The van der Waals surface area contributed by atoms with Crippen LogP contribution < -0.4 is 11.1 Å². The van der Waals surface area contributed by atoms with E-state index in [4.69, 9.17) is 28.9 Å². The lowest BCUT2D eigenvalue weighted by molar-refractivity contribution is -0.136. The third kappa shape index (κ3) is 3.51. The number of alkyl halides is 3. The predicted octanol–water partition coefficient (Wildman–Crippen LogP) is 5.48. The maximum atomic E-state index is 13.3. The molecule has 0 saturated heterocycles. The molecule has 2 aromatic carbocycles. The summed E-state index contributed by atoms with van der Waals surface area (Å²) in [4.78, 5) is 0. The Labute approximate surface area is 127 Å². The average molecular weight is 339 g/mol. The minimum Gasteiger partial charge on any atom is -0.398 e. The van der Waals surface area contributed by atoms with Crippen molar-refractivity contribution in [2.24, 2.45) is 0 Å². The average Bonchev–Trinajstić information content (AvgIpc) is 2.37. The maximum Gasteiger partial charge on any atom is 0.418 e. The van der Waals surface area contributed by atoms with Gasteiger partial charge >= 0.3 is 6.18 Å². The van der Waals surface area contributed by atoms with Crippen LogP contribution in [0.1, 0.15) is 5.56 Å². The van der Waals surface area contributed by atoms with Crippen LogP contribution in [0.5, 0.6) is 0 Å². The van der Waals surface area contributed by atoms with E-state index in [-0.39, 0.29) is 27.1 Å². The van der Waals surface area contributed by atoms with Gasteiger partial charge < -0.3 is 11.1 Å². The van der Waals surface area contributed by atoms with E-state index in [1.807, 2.05) is 0 Å². The Bertz CT molecular complexity index is 663. The van der Waals surface area contributed by atoms with Gasteiger partial charge in [0.2, 0.25) is 0 Å². The first-order chi connectivity index (χ1) is 9.68. The molecule has 0 fully saturated rings. The second-order valence-electron chi connectivity index (χ2n) is 4.18. The number of nitrogen functional groups attached to an aromatic ring is 1. The molecule has 0 amide bonds. The van der Waals surface area contributed by atoms with Gasteiger partial charge in [0.15, 0.2) is 5.82 Å². The molecule has 0 aliphatic heterocycles. The molecular formula is C13H8Cl2F4N2. The Hall–Kier alpha value is -1.66. The number of anilines is 3. The zero-order valence-electron chi connectivity index (χ0n) is 10.2. The minimum atomic E-state index is -4.57. The van der Waals surface area contributed by atoms with Gasteiger partial charge in [-0.3, -0.25) is 0 Å². The molecule has 2 nitrogen and oxygen atoms in total. The summed E-state index contributed by atoms with van der Waals surface area (Å²) in [5, 5.41) is 2.18. The molecule has 2 aromatic rings. The third-order valence-electron chi connectivity index (χ3n) is 2.63. The summed E-state index contributed by atoms with van der Waals surface area (Å²) in [6.07, 6.45) is -4.57. The van der Waals surface area contributed by atoms with Gasteiger partial charge in [-0.05, 0) is 30.3 Å². The topological polar surface area (TPSA) is 38.0 Å². The van der Waals surface area contributed by atoms with Gasteiger partial charge in [-0.15, -0.1) is 0 Å². The fourth-order valence-corrected chi connectivity index (χ4v) is 2.16. The van der Waals surface area contributed by atoms with E-state index < -0.39 is 17.6 Å². The molecule has 0 bridgehead atoms. The Morgan fingerprint density at radius 3 is 2.05 bits per heavy atom. The molecule has 2 rings (SSSR count). The van der Waals surface area contributed by atoms with Crippen LogP contribution in [0, 0.1) is 5.82 Å². The van der Waals surface area contributed by atoms with Gasteiger partial charge in [0.25, 0.3) is 0 Å². The molecule has 0 spiro atoms. The molecule has 0 aliphatic carbocycles. The van der Waals surface area contributed by atoms with Crippen LogP contribution >= 0.6 is 23.2 Å². The van der Waals surface area contributed by atoms with Crippen molar-refractivity contribution in [2.45, 2.75) is 6.18 Å². The lowest BCUT2D eigenvalue weighted by Gasteiger charge is -2.13. The van der Waals surface area contributed by atoms with Gasteiger partial charge in [-0.25, -0.2) is 4.39 Å². The van der Waals surface area contributed by atoms with E-state index in [0.29, 0.717) is 0 Å². The van der Waals surface area contributed by atoms with Gasteiger partial charge in [0, 0.05) is 17.1 Å². The summed E-state index contributed by atoms with van der Waals surface area (Å²) in [5.74, 6) is -0.794. The molecule has 3 N–H and O–H groups in total. The van der Waals surface area contributed by atoms with Crippen molar-refractivity contribution in [1.29, 1.82) is 0 Å². The van der Waals surface area contributed by atoms with E-state index in [2.05, 4.69) is 5.32 Å².